The molecule has 1 aromatic heterocycles. The number of nitrogens with one attached hydrogen (secondary N) is 1. The molecule has 0 aromatic carbocycles. The fraction of sp³-hybridized carbons (Fsp3) is 0.750. The second-order valence-corrected chi connectivity index (χ2v) is 9.93. The molecule has 4 fully saturated rings. The molecule has 25 heavy (non-hydrogen) atoms. The minimum Gasteiger partial charge on any atom is -0.390 e. The number of hydrogen-bond acceptors (Lipinski definition) is 4. The summed E-state index contributed by atoms with van der Waals surface area (Å²) in [7, 11) is 0. The second kappa shape index (κ2) is 5.98. The first-order valence-electron chi connectivity index (χ1n) is 10.1. The molecule has 1 amide bonds. The number of nitrogens with two attached hydrogens (primary N) is 1. The third-order valence-electron chi connectivity index (χ3n) is 7.36. The third kappa shape index (κ3) is 2.62. The number of thiophene rings is 1. The summed E-state index contributed by atoms with van der Waals surface area (Å²) in [5.41, 5.74) is 8.34. The molecule has 4 saturated carbocycles. The molecular weight excluding hydrogens is 330 g/mol. The smallest absolute Gasteiger partial charge is 0.254 e. The quantitative estimate of drug-likeness (QED) is 0.871. The molecule has 3 N–H and O–H groups in total. The zero-order valence-corrected chi connectivity index (χ0v) is 15.9. The van der Waals surface area contributed by atoms with Gasteiger partial charge >= 0.3 is 0 Å². The van der Waals surface area contributed by atoms with Crippen LogP contribution >= 0.6 is 11.3 Å². The van der Waals surface area contributed by atoms with Gasteiger partial charge in [-0.2, -0.15) is 0 Å². The average Bonchev–Trinajstić information content (AvgIpc) is 2.92. The van der Waals surface area contributed by atoms with Crippen LogP contribution in [0.5, 0.6) is 0 Å². The lowest BCUT2D eigenvalue weighted by Crippen LogP contribution is -2.55. The highest BCUT2D eigenvalue weighted by Crippen LogP contribution is 2.53. The molecule has 5 aliphatic rings. The summed E-state index contributed by atoms with van der Waals surface area (Å²) in [6, 6.07) is 0.394. The first-order chi connectivity index (χ1) is 12.1. The predicted octanol–water partition coefficient (Wildman–Crippen LogP) is 3.26. The number of nitrogen functional groups attached to an aromatic ring is 1. The van der Waals surface area contributed by atoms with E-state index >= 15 is 0 Å². The van der Waals surface area contributed by atoms with Crippen molar-refractivity contribution >= 4 is 22.2 Å². The summed E-state index contributed by atoms with van der Waals surface area (Å²) in [6.45, 7) is 5.25. The van der Waals surface area contributed by atoms with Crippen molar-refractivity contribution in [3.8, 4) is 0 Å². The molecule has 6 rings (SSSR count). The Morgan fingerprint density at radius 1 is 1.20 bits per heavy atom. The van der Waals surface area contributed by atoms with Gasteiger partial charge in [0.15, 0.2) is 0 Å². The number of carbonyl (C=O) groups excluding carboxylic acids is 1. The van der Waals surface area contributed by atoms with Crippen molar-refractivity contribution in [3.63, 3.8) is 0 Å². The number of hydrogen-bond donors (Lipinski definition) is 2. The number of rotatable bonds is 3. The van der Waals surface area contributed by atoms with Crippen molar-refractivity contribution in [2.24, 2.45) is 23.7 Å². The van der Waals surface area contributed by atoms with Crippen molar-refractivity contribution in [1.29, 1.82) is 0 Å². The van der Waals surface area contributed by atoms with E-state index in [1.54, 1.807) is 11.3 Å². The Morgan fingerprint density at radius 3 is 2.52 bits per heavy atom. The molecule has 4 aliphatic carbocycles. The maximum atomic E-state index is 13.1. The van der Waals surface area contributed by atoms with E-state index in [0.717, 1.165) is 48.5 Å². The lowest BCUT2D eigenvalue weighted by atomic mass is 9.54. The topological polar surface area (TPSA) is 58.4 Å². The molecule has 4 nitrogen and oxygen atoms in total. The van der Waals surface area contributed by atoms with Gasteiger partial charge in [0.05, 0.1) is 10.6 Å². The van der Waals surface area contributed by atoms with Gasteiger partial charge in [0.25, 0.3) is 5.91 Å². The van der Waals surface area contributed by atoms with Gasteiger partial charge in [0.1, 0.15) is 0 Å². The van der Waals surface area contributed by atoms with Crippen molar-refractivity contribution in [1.82, 2.24) is 10.2 Å². The van der Waals surface area contributed by atoms with Crippen molar-refractivity contribution in [3.05, 3.63) is 16.0 Å². The molecular formula is C20H29N3OS. The zero-order valence-electron chi connectivity index (χ0n) is 15.1. The highest BCUT2D eigenvalue weighted by molar-refractivity contribution is 7.16. The van der Waals surface area contributed by atoms with E-state index in [1.807, 2.05) is 0 Å². The zero-order chi connectivity index (χ0) is 17.1. The van der Waals surface area contributed by atoms with E-state index in [9.17, 15) is 4.79 Å². The number of fused-ring (bicyclic) bond motifs is 1. The van der Waals surface area contributed by atoms with Gasteiger partial charge in [-0.15, -0.1) is 11.3 Å². The summed E-state index contributed by atoms with van der Waals surface area (Å²) in [5.74, 6) is 3.42. The van der Waals surface area contributed by atoms with Crippen LogP contribution < -0.4 is 11.1 Å². The Labute approximate surface area is 154 Å². The van der Waals surface area contributed by atoms with Crippen LogP contribution in [0.3, 0.4) is 0 Å². The molecule has 0 atom stereocenters. The maximum absolute atomic E-state index is 13.1. The van der Waals surface area contributed by atoms with E-state index in [1.165, 1.54) is 42.5 Å². The minimum atomic E-state index is 0.109. The molecule has 1 aromatic rings. The molecule has 4 bridgehead atoms. The standard InChI is InChI=1S/C20H29N3OS/c1-2-23-4-3-15-16(10-23)25-19(21)17(15)20(24)22-18-13-6-11-5-12(8-13)9-14(18)7-11/h11-14,18H,2-10,21H2,1H3,(H,22,24). The molecule has 0 saturated heterocycles. The van der Waals surface area contributed by atoms with Crippen molar-refractivity contribution in [2.75, 3.05) is 18.8 Å². The number of amides is 1. The van der Waals surface area contributed by atoms with E-state index in [-0.39, 0.29) is 5.91 Å². The Balaban J connectivity index is 1.36. The summed E-state index contributed by atoms with van der Waals surface area (Å²) in [6.07, 6.45) is 7.75. The third-order valence-corrected chi connectivity index (χ3v) is 8.41. The van der Waals surface area contributed by atoms with Crippen LogP contribution in [0.25, 0.3) is 0 Å². The normalized spacial score (nSPS) is 36.4. The number of anilines is 1. The fourth-order valence-corrected chi connectivity index (χ4v) is 7.54. The van der Waals surface area contributed by atoms with E-state index in [0.29, 0.717) is 17.9 Å². The van der Waals surface area contributed by atoms with Crippen LogP contribution in [0.4, 0.5) is 5.00 Å². The lowest BCUT2D eigenvalue weighted by Gasteiger charge is -2.54. The molecule has 0 radical (unpaired) electrons. The second-order valence-electron chi connectivity index (χ2n) is 8.79. The van der Waals surface area contributed by atoms with E-state index < -0.39 is 0 Å². The van der Waals surface area contributed by atoms with Crippen LogP contribution in [0.15, 0.2) is 0 Å². The monoisotopic (exact) mass is 359 g/mol. The summed E-state index contributed by atoms with van der Waals surface area (Å²) in [4.78, 5) is 16.9. The van der Waals surface area contributed by atoms with Gasteiger partial charge in [-0.25, -0.2) is 0 Å². The van der Waals surface area contributed by atoms with Crippen LogP contribution in [-0.2, 0) is 13.0 Å². The number of carbonyl (C=O) groups is 1. The number of nitrogens with zero attached hydrogens (tertiary/aromatic N) is 1. The van der Waals surface area contributed by atoms with Crippen molar-refractivity contribution in [2.45, 2.75) is 58.0 Å². The van der Waals surface area contributed by atoms with Crippen LogP contribution in [-0.4, -0.2) is 29.9 Å². The molecule has 5 heteroatoms. The van der Waals surface area contributed by atoms with Gasteiger partial charge < -0.3 is 11.1 Å². The molecule has 0 unspecified atom stereocenters. The Kier molecular flexibility index (Phi) is 3.86. The van der Waals surface area contributed by atoms with Gasteiger partial charge in [0.2, 0.25) is 0 Å². The largest absolute Gasteiger partial charge is 0.390 e. The summed E-state index contributed by atoms with van der Waals surface area (Å²) in [5, 5.41) is 4.18. The van der Waals surface area contributed by atoms with Crippen LogP contribution in [0, 0.1) is 23.7 Å². The molecule has 0 spiro atoms. The van der Waals surface area contributed by atoms with Crippen molar-refractivity contribution < 1.29 is 4.79 Å². The van der Waals surface area contributed by atoms with Crippen LogP contribution in [0.1, 0.15) is 59.8 Å². The molecule has 136 valence electrons. The maximum Gasteiger partial charge on any atom is 0.254 e. The van der Waals surface area contributed by atoms with E-state index in [2.05, 4.69) is 17.1 Å². The summed E-state index contributed by atoms with van der Waals surface area (Å²) < 4.78 is 0. The highest BCUT2D eigenvalue weighted by Gasteiger charge is 2.48. The predicted molar refractivity (Wildman–Crippen MR) is 102 cm³/mol. The Morgan fingerprint density at radius 2 is 1.88 bits per heavy atom. The fourth-order valence-electron chi connectivity index (χ4n) is 6.38. The Hall–Kier alpha value is -1.07. The first kappa shape index (κ1) is 16.1. The average molecular weight is 360 g/mol. The van der Waals surface area contributed by atoms with Gasteiger partial charge in [0, 0.05) is 24.0 Å². The lowest BCUT2D eigenvalue weighted by molar-refractivity contribution is -0.0119. The van der Waals surface area contributed by atoms with Crippen LogP contribution in [0.2, 0.25) is 0 Å². The SMILES string of the molecule is CCN1CCc2c(sc(N)c2C(=O)NC2C3CC4CC(C3)CC2C4)C1. The molecule has 1 aliphatic heterocycles. The molecule has 2 heterocycles. The van der Waals surface area contributed by atoms with Gasteiger partial charge in [-0.05, 0) is 74.3 Å². The Bertz CT molecular complexity index is 669. The summed E-state index contributed by atoms with van der Waals surface area (Å²) >= 11 is 1.63. The first-order valence-corrected chi connectivity index (χ1v) is 10.9. The van der Waals surface area contributed by atoms with Gasteiger partial charge in [-0.1, -0.05) is 6.92 Å². The van der Waals surface area contributed by atoms with E-state index in [4.69, 9.17) is 5.73 Å². The van der Waals surface area contributed by atoms with Gasteiger partial charge in [-0.3, -0.25) is 9.69 Å². The highest BCUT2D eigenvalue weighted by atomic mass is 32.1. The minimum absolute atomic E-state index is 0.109. The number of likely N-dealkylation sites (N-methyl/N-ethyl adjacent to an activating group) is 1.